The van der Waals surface area contributed by atoms with E-state index in [1.165, 1.54) is 0 Å². The number of nitrogens with one attached hydrogen (secondary N) is 1. The molecule has 0 saturated heterocycles. The molecule has 0 bridgehead atoms. The van der Waals surface area contributed by atoms with E-state index in [0.29, 0.717) is 16.1 Å². The number of benzene rings is 1. The van der Waals surface area contributed by atoms with Crippen LogP contribution in [0.3, 0.4) is 0 Å². The van der Waals surface area contributed by atoms with Crippen LogP contribution in [-0.4, -0.2) is 96.4 Å². The largest absolute Gasteiger partial charge is 0.506 e. The van der Waals surface area contributed by atoms with Gasteiger partial charge in [0.25, 0.3) is 5.91 Å². The number of aromatic nitrogens is 1. The molecule has 2 rings (SSSR count). The van der Waals surface area contributed by atoms with Crippen LogP contribution in [0.2, 0.25) is 5.02 Å². The number of amides is 1. The third-order valence-electron chi connectivity index (χ3n) is 5.43. The number of pyridine rings is 1. The molecule has 0 spiro atoms. The van der Waals surface area contributed by atoms with Crippen LogP contribution < -0.4 is 32.8 Å². The van der Waals surface area contributed by atoms with Crippen molar-refractivity contribution in [3.8, 4) is 16.9 Å². The number of hydrogen-bond donors (Lipinski definition) is 3. The average Bonchev–Trinajstić information content (AvgIpc) is 2.63. The number of carboxylic acid groups (broad SMARTS) is 1. The van der Waals surface area contributed by atoms with E-state index in [4.69, 9.17) is 16.7 Å². The van der Waals surface area contributed by atoms with Gasteiger partial charge in [0.1, 0.15) is 43.7 Å². The predicted octanol–water partition coefficient (Wildman–Crippen LogP) is -9.78. The van der Waals surface area contributed by atoms with Crippen LogP contribution in [0.4, 0.5) is 0 Å². The van der Waals surface area contributed by atoms with Crippen molar-refractivity contribution in [2.45, 2.75) is 5.11 Å². The number of rotatable bonds is 5. The molecule has 1 aromatic heterocycles. The van der Waals surface area contributed by atoms with Crippen molar-refractivity contribution < 1.29 is 19.8 Å². The van der Waals surface area contributed by atoms with Crippen LogP contribution in [-0.2, 0) is 9.91 Å². The first-order valence-corrected chi connectivity index (χ1v) is 10.1. The van der Waals surface area contributed by atoms with Gasteiger partial charge in [0.05, 0.1) is 23.5 Å². The maximum absolute atomic E-state index is 12.4. The van der Waals surface area contributed by atoms with Gasteiger partial charge >= 0.3 is 5.97 Å². The Morgan fingerprint density at radius 3 is 2.03 bits per heavy atom. The Bertz CT molecular complexity index is 1070. The maximum atomic E-state index is 12.4. The van der Waals surface area contributed by atoms with E-state index in [2.05, 4.69) is 33.8 Å². The van der Waals surface area contributed by atoms with Crippen LogP contribution >= 0.6 is 11.6 Å². The van der Waals surface area contributed by atoms with E-state index in [0.717, 1.165) is 33.1 Å². The summed E-state index contributed by atoms with van der Waals surface area (Å²) in [6.45, 7) is -0.556. The van der Waals surface area contributed by atoms with Gasteiger partial charge in [-0.3, -0.25) is 14.6 Å². The lowest BCUT2D eigenvalue weighted by Crippen LogP contribution is -2.46. The molecule has 2 aromatic rings. The second-order valence-electron chi connectivity index (χ2n) is 8.66. The molecule has 0 radical (unpaired) electrons. The highest BCUT2D eigenvalue weighted by molar-refractivity contribution is 6.65. The first-order chi connectivity index (χ1) is 13.7. The number of carbonyl (C=O) groups is 2. The van der Waals surface area contributed by atoms with Gasteiger partial charge in [0.15, 0.2) is 13.5 Å². The summed E-state index contributed by atoms with van der Waals surface area (Å²) in [7, 11) is 15.8. The molecule has 146 valence electrons. The molecular formula is C15H21B8ClN2O4. The lowest BCUT2D eigenvalue weighted by Gasteiger charge is -2.31. The van der Waals surface area contributed by atoms with Gasteiger partial charge in [-0.05, 0) is 16.6 Å². The zero-order chi connectivity index (χ0) is 23.1. The highest BCUT2D eigenvalue weighted by atomic mass is 35.5. The van der Waals surface area contributed by atoms with E-state index in [-0.39, 0.29) is 16.6 Å². The van der Waals surface area contributed by atoms with Crippen molar-refractivity contribution in [3.63, 3.8) is 0 Å². The number of hydrogen-bond acceptors (Lipinski definition) is 4. The first-order valence-electron chi connectivity index (χ1n) is 9.70. The van der Waals surface area contributed by atoms with Crippen molar-refractivity contribution in [2.75, 3.05) is 6.54 Å². The van der Waals surface area contributed by atoms with Crippen LogP contribution in [0.15, 0.2) is 0 Å². The van der Waals surface area contributed by atoms with Crippen LogP contribution in [0.25, 0.3) is 11.1 Å². The second kappa shape index (κ2) is 8.58. The number of carboxylic acids is 1. The van der Waals surface area contributed by atoms with E-state index in [9.17, 15) is 14.7 Å². The molecular weight excluding hydrogens is 394 g/mol. The quantitative estimate of drug-likeness (QED) is 0.422. The Labute approximate surface area is 188 Å². The Morgan fingerprint density at radius 2 is 1.53 bits per heavy atom. The molecule has 0 atom stereocenters. The van der Waals surface area contributed by atoms with Crippen LogP contribution in [0.5, 0.6) is 5.75 Å². The van der Waals surface area contributed by atoms with E-state index >= 15 is 0 Å². The number of aliphatic carboxylic acids is 1. The summed E-state index contributed by atoms with van der Waals surface area (Å²) in [5.74, 6) is -2.19. The van der Waals surface area contributed by atoms with Gasteiger partial charge in [-0.25, -0.2) is 0 Å². The van der Waals surface area contributed by atoms with Gasteiger partial charge in [0, 0.05) is 10.6 Å². The summed E-state index contributed by atoms with van der Waals surface area (Å²) < 4.78 is 0. The van der Waals surface area contributed by atoms with Crippen LogP contribution in [0.1, 0.15) is 16.1 Å². The van der Waals surface area contributed by atoms with E-state index < -0.39 is 18.4 Å². The molecule has 1 heterocycles. The normalized spacial score (nSPS) is 11.2. The Balaban J connectivity index is 2.86. The first kappa shape index (κ1) is 24.2. The lowest BCUT2D eigenvalue weighted by molar-refractivity contribution is -0.135. The third-order valence-corrected chi connectivity index (χ3v) is 6.00. The van der Waals surface area contributed by atoms with Crippen molar-refractivity contribution in [1.82, 2.24) is 10.3 Å². The number of aromatic hydroxyl groups is 1. The highest BCUT2D eigenvalue weighted by Gasteiger charge is 2.29. The summed E-state index contributed by atoms with van der Waals surface area (Å²) in [5.41, 5.74) is 6.59. The summed E-state index contributed by atoms with van der Waals surface area (Å²) in [6.07, 6.45) is 0. The molecule has 0 fully saturated rings. The van der Waals surface area contributed by atoms with Crippen molar-refractivity contribution in [1.29, 1.82) is 0 Å². The fourth-order valence-electron chi connectivity index (χ4n) is 3.98. The van der Waals surface area contributed by atoms with Crippen molar-refractivity contribution in [2.24, 2.45) is 0 Å². The fourth-order valence-corrected chi connectivity index (χ4v) is 4.21. The van der Waals surface area contributed by atoms with E-state index in [1.807, 2.05) is 23.5 Å². The monoisotopic (exact) mass is 416 g/mol. The molecule has 0 unspecified atom stereocenters. The van der Waals surface area contributed by atoms with Crippen molar-refractivity contribution in [3.05, 3.63) is 16.3 Å². The molecule has 0 saturated carbocycles. The van der Waals surface area contributed by atoms with Crippen molar-refractivity contribution >= 4 is 114 Å². The maximum Gasteiger partial charge on any atom is 0.322 e. The minimum absolute atomic E-state index is 0.195. The SMILES string of the molecule is Bc1nc(C(=O)NCC(=O)O)c(O)c(B)c1-c1c(B)c(Cl)c(B)c(B)c1C(B)(B)B. The minimum atomic E-state index is -1.18. The second-order valence-corrected chi connectivity index (χ2v) is 9.04. The standard InChI is InChI=1S/C15H21B8ClN2O4/c16-6-3(5(15(21,22)23)8(18)9(19)10(6)24)4-7(17)12(29)11(26-13(4)20)14(30)25-1-2(27)28/h29H,1,16-23H2,(H,25,30)(H,27,28). The van der Waals surface area contributed by atoms with Gasteiger partial charge in [-0.1, -0.05) is 38.7 Å². The zero-order valence-corrected chi connectivity index (χ0v) is 19.5. The summed E-state index contributed by atoms with van der Waals surface area (Å²) >= 11 is 6.65. The minimum Gasteiger partial charge on any atom is -0.506 e. The fraction of sp³-hybridized carbons (Fsp3) is 0.133. The lowest BCUT2D eigenvalue weighted by atomic mass is 9.37. The highest BCUT2D eigenvalue weighted by Crippen LogP contribution is 2.27. The molecule has 1 amide bonds. The van der Waals surface area contributed by atoms with E-state index in [1.54, 1.807) is 15.7 Å². The molecule has 15 heteroatoms. The Hall–Kier alpha value is -2.08. The van der Waals surface area contributed by atoms with Gasteiger partial charge < -0.3 is 15.5 Å². The summed E-state index contributed by atoms with van der Waals surface area (Å²) in [4.78, 5) is 27.4. The predicted molar refractivity (Wildman–Crippen MR) is 145 cm³/mol. The Kier molecular flexibility index (Phi) is 6.92. The van der Waals surface area contributed by atoms with Gasteiger partial charge in [-0.2, -0.15) is 0 Å². The smallest absolute Gasteiger partial charge is 0.322 e. The van der Waals surface area contributed by atoms with Crippen LogP contribution in [0, 0.1) is 0 Å². The molecule has 0 aliphatic heterocycles. The molecule has 0 aliphatic carbocycles. The molecule has 30 heavy (non-hydrogen) atoms. The summed E-state index contributed by atoms with van der Waals surface area (Å²) in [5, 5.41) is 22.3. The number of nitrogens with zero attached hydrogens (tertiary/aromatic N) is 1. The Morgan fingerprint density at radius 1 is 0.967 bits per heavy atom. The van der Waals surface area contributed by atoms with Gasteiger partial charge in [0.2, 0.25) is 0 Å². The molecule has 1 aromatic carbocycles. The zero-order valence-electron chi connectivity index (χ0n) is 18.7. The molecule has 0 aliphatic rings. The number of halogens is 1. The topological polar surface area (TPSA) is 99.5 Å². The number of carbonyl (C=O) groups excluding carboxylic acids is 1. The third kappa shape index (κ3) is 4.34. The molecule has 6 nitrogen and oxygen atoms in total. The molecule has 3 N–H and O–H groups in total. The van der Waals surface area contributed by atoms with Gasteiger partial charge in [-0.15, -0.1) is 0 Å². The summed E-state index contributed by atoms with van der Waals surface area (Å²) in [6, 6.07) is 0. The average molecular weight is 415 g/mol.